The summed E-state index contributed by atoms with van der Waals surface area (Å²) in [5.41, 5.74) is 8.76. The Balaban J connectivity index is 2.02. The first-order valence-corrected chi connectivity index (χ1v) is 8.49. The van der Waals surface area contributed by atoms with Crippen molar-refractivity contribution >= 4 is 11.6 Å². The molecule has 0 saturated heterocycles. The lowest BCUT2D eigenvalue weighted by molar-refractivity contribution is 0.0950. The van der Waals surface area contributed by atoms with E-state index in [9.17, 15) is 4.79 Å². The molecule has 0 heterocycles. The predicted octanol–water partition coefficient (Wildman–Crippen LogP) is 3.69. The van der Waals surface area contributed by atoms with E-state index in [1.165, 1.54) is 0 Å². The molecule has 0 atom stereocenters. The Morgan fingerprint density at radius 3 is 2.68 bits per heavy atom. The Kier molecular flexibility index (Phi) is 6.69. The van der Waals surface area contributed by atoms with Crippen LogP contribution in [0.25, 0.3) is 0 Å². The van der Waals surface area contributed by atoms with Crippen LogP contribution in [0.4, 0.5) is 5.69 Å². The Morgan fingerprint density at radius 1 is 1.16 bits per heavy atom. The van der Waals surface area contributed by atoms with Gasteiger partial charge in [-0.15, -0.1) is 0 Å². The number of carbonyl (C=O) groups is 1. The van der Waals surface area contributed by atoms with Crippen LogP contribution in [0.15, 0.2) is 36.4 Å². The van der Waals surface area contributed by atoms with Gasteiger partial charge in [-0.1, -0.05) is 25.5 Å². The van der Waals surface area contributed by atoms with Crippen LogP contribution in [0.1, 0.15) is 41.3 Å². The minimum Gasteiger partial charge on any atom is -0.493 e. The van der Waals surface area contributed by atoms with Gasteiger partial charge in [0.2, 0.25) is 0 Å². The molecule has 2 aromatic carbocycles. The van der Waals surface area contributed by atoms with E-state index in [1.807, 2.05) is 31.2 Å². The molecule has 5 heteroatoms. The molecule has 134 valence electrons. The Morgan fingerprint density at radius 2 is 1.96 bits per heavy atom. The number of anilines is 1. The average Bonchev–Trinajstić information content (AvgIpc) is 2.62. The van der Waals surface area contributed by atoms with E-state index in [-0.39, 0.29) is 5.91 Å². The maximum Gasteiger partial charge on any atom is 0.251 e. The van der Waals surface area contributed by atoms with Crippen LogP contribution in [0, 0.1) is 6.92 Å². The summed E-state index contributed by atoms with van der Waals surface area (Å²) in [5.74, 6) is 1.24. The second kappa shape index (κ2) is 8.97. The molecular weight excluding hydrogens is 316 g/mol. The quantitative estimate of drug-likeness (QED) is 0.567. The summed E-state index contributed by atoms with van der Waals surface area (Å²) >= 11 is 0. The van der Waals surface area contributed by atoms with Crippen LogP contribution in [0.2, 0.25) is 0 Å². The molecule has 0 aromatic heterocycles. The molecule has 0 aliphatic rings. The van der Waals surface area contributed by atoms with E-state index in [2.05, 4.69) is 12.2 Å². The zero-order valence-corrected chi connectivity index (χ0v) is 15.1. The molecule has 0 unspecified atom stereocenters. The highest BCUT2D eigenvalue weighted by molar-refractivity contribution is 5.96. The number of aryl methyl sites for hydroxylation is 1. The molecule has 3 N–H and O–H groups in total. The smallest absolute Gasteiger partial charge is 0.251 e. The SMILES string of the molecule is CCCCOc1ccc(CNC(=O)c2cc(N)ccc2C)cc1OC. The number of methoxy groups -OCH3 is 1. The van der Waals surface area contributed by atoms with Gasteiger partial charge in [0, 0.05) is 17.8 Å². The van der Waals surface area contributed by atoms with Gasteiger partial charge >= 0.3 is 0 Å². The first kappa shape index (κ1) is 18.6. The largest absolute Gasteiger partial charge is 0.493 e. The van der Waals surface area contributed by atoms with E-state index >= 15 is 0 Å². The third-order valence-corrected chi connectivity index (χ3v) is 3.94. The molecule has 25 heavy (non-hydrogen) atoms. The lowest BCUT2D eigenvalue weighted by Gasteiger charge is -2.13. The molecule has 5 nitrogen and oxygen atoms in total. The van der Waals surface area contributed by atoms with E-state index in [0.29, 0.717) is 30.2 Å². The number of benzene rings is 2. The maximum absolute atomic E-state index is 12.4. The third-order valence-electron chi connectivity index (χ3n) is 3.94. The maximum atomic E-state index is 12.4. The second-order valence-electron chi connectivity index (χ2n) is 5.94. The fraction of sp³-hybridized carbons (Fsp3) is 0.350. The monoisotopic (exact) mass is 342 g/mol. The molecule has 0 bridgehead atoms. The van der Waals surface area contributed by atoms with Crippen molar-refractivity contribution in [3.63, 3.8) is 0 Å². The van der Waals surface area contributed by atoms with Gasteiger partial charge in [0.25, 0.3) is 5.91 Å². The van der Waals surface area contributed by atoms with E-state index in [1.54, 1.807) is 19.2 Å². The number of hydrogen-bond acceptors (Lipinski definition) is 4. The standard InChI is InChI=1S/C20H26N2O3/c1-4-5-10-25-18-9-7-15(11-19(18)24-3)13-22-20(23)17-12-16(21)8-6-14(17)2/h6-9,11-12H,4-5,10,13,21H2,1-3H3,(H,22,23). The van der Waals surface area contributed by atoms with Crippen LogP contribution < -0.4 is 20.5 Å². The van der Waals surface area contributed by atoms with Gasteiger partial charge in [-0.2, -0.15) is 0 Å². The summed E-state index contributed by atoms with van der Waals surface area (Å²) < 4.78 is 11.1. The van der Waals surface area contributed by atoms with Crippen LogP contribution in [0.5, 0.6) is 11.5 Å². The Hall–Kier alpha value is -2.69. The van der Waals surface area contributed by atoms with Crippen LogP contribution in [-0.4, -0.2) is 19.6 Å². The van der Waals surface area contributed by atoms with Crippen molar-refractivity contribution in [2.45, 2.75) is 33.2 Å². The molecule has 0 aliphatic carbocycles. The second-order valence-corrected chi connectivity index (χ2v) is 5.94. The Bertz CT molecular complexity index is 729. The topological polar surface area (TPSA) is 73.6 Å². The predicted molar refractivity (Wildman–Crippen MR) is 100 cm³/mol. The highest BCUT2D eigenvalue weighted by Crippen LogP contribution is 2.28. The van der Waals surface area contributed by atoms with Crippen LogP contribution >= 0.6 is 0 Å². The number of ether oxygens (including phenoxy) is 2. The van der Waals surface area contributed by atoms with Gasteiger partial charge in [-0.05, 0) is 48.7 Å². The number of hydrogen-bond donors (Lipinski definition) is 2. The fourth-order valence-electron chi connectivity index (χ4n) is 2.43. The van der Waals surface area contributed by atoms with E-state index in [4.69, 9.17) is 15.2 Å². The normalized spacial score (nSPS) is 10.4. The first-order chi connectivity index (χ1) is 12.0. The molecular formula is C20H26N2O3. The third kappa shape index (κ3) is 5.14. The number of nitrogens with one attached hydrogen (secondary N) is 1. The number of carbonyl (C=O) groups excluding carboxylic acids is 1. The molecule has 0 spiro atoms. The summed E-state index contributed by atoms with van der Waals surface area (Å²) in [7, 11) is 1.61. The highest BCUT2D eigenvalue weighted by Gasteiger charge is 2.10. The van der Waals surface area contributed by atoms with Crippen molar-refractivity contribution < 1.29 is 14.3 Å². The first-order valence-electron chi connectivity index (χ1n) is 8.49. The zero-order chi connectivity index (χ0) is 18.2. The molecule has 1 amide bonds. The number of nitrogens with two attached hydrogens (primary N) is 1. The summed E-state index contributed by atoms with van der Waals surface area (Å²) in [5, 5.41) is 2.92. The minimum atomic E-state index is -0.146. The van der Waals surface area contributed by atoms with Gasteiger partial charge in [-0.3, -0.25) is 4.79 Å². The molecule has 2 rings (SSSR count). The van der Waals surface area contributed by atoms with Crippen molar-refractivity contribution in [1.29, 1.82) is 0 Å². The lowest BCUT2D eigenvalue weighted by Crippen LogP contribution is -2.23. The highest BCUT2D eigenvalue weighted by atomic mass is 16.5. The van der Waals surface area contributed by atoms with Gasteiger partial charge < -0.3 is 20.5 Å². The van der Waals surface area contributed by atoms with Gasteiger partial charge in [0.15, 0.2) is 11.5 Å². The van der Waals surface area contributed by atoms with Crippen molar-refractivity contribution in [1.82, 2.24) is 5.32 Å². The van der Waals surface area contributed by atoms with E-state index in [0.717, 1.165) is 29.7 Å². The van der Waals surface area contributed by atoms with Crippen molar-refractivity contribution in [2.75, 3.05) is 19.5 Å². The summed E-state index contributed by atoms with van der Waals surface area (Å²) in [6.07, 6.45) is 2.08. The molecule has 0 fully saturated rings. The molecule has 0 saturated carbocycles. The average molecular weight is 342 g/mol. The van der Waals surface area contributed by atoms with Crippen LogP contribution in [0.3, 0.4) is 0 Å². The number of unbranched alkanes of at least 4 members (excludes halogenated alkanes) is 1. The van der Waals surface area contributed by atoms with Gasteiger partial charge in [0.1, 0.15) is 0 Å². The number of rotatable bonds is 8. The van der Waals surface area contributed by atoms with Crippen molar-refractivity contribution in [3.8, 4) is 11.5 Å². The van der Waals surface area contributed by atoms with Crippen molar-refractivity contribution in [2.24, 2.45) is 0 Å². The zero-order valence-electron chi connectivity index (χ0n) is 15.1. The molecule has 0 aliphatic heterocycles. The van der Waals surface area contributed by atoms with E-state index < -0.39 is 0 Å². The summed E-state index contributed by atoms with van der Waals surface area (Å²) in [6, 6.07) is 11.0. The summed E-state index contributed by atoms with van der Waals surface area (Å²) in [4.78, 5) is 12.4. The lowest BCUT2D eigenvalue weighted by atomic mass is 10.1. The number of amides is 1. The van der Waals surface area contributed by atoms with Gasteiger partial charge in [-0.25, -0.2) is 0 Å². The fourth-order valence-corrected chi connectivity index (χ4v) is 2.43. The number of nitrogen functional groups attached to an aromatic ring is 1. The summed E-state index contributed by atoms with van der Waals surface area (Å²) in [6.45, 7) is 5.07. The van der Waals surface area contributed by atoms with Crippen molar-refractivity contribution in [3.05, 3.63) is 53.1 Å². The van der Waals surface area contributed by atoms with Crippen LogP contribution in [-0.2, 0) is 6.54 Å². The minimum absolute atomic E-state index is 0.146. The molecule has 0 radical (unpaired) electrons. The van der Waals surface area contributed by atoms with Gasteiger partial charge in [0.05, 0.1) is 13.7 Å². The molecule has 2 aromatic rings. The Labute approximate surface area is 149 Å².